The van der Waals surface area contributed by atoms with Crippen molar-refractivity contribution < 1.29 is 58.6 Å². The Kier molecular flexibility index (Phi) is 14.7. The van der Waals surface area contributed by atoms with E-state index in [1.54, 1.807) is 75.6 Å². The molecule has 3 amide bonds. The van der Waals surface area contributed by atoms with E-state index >= 15 is 0 Å². The number of hydrogen-bond donors (Lipinski definition) is 5. The number of aromatic hydroxyl groups is 2. The lowest BCUT2D eigenvalue weighted by molar-refractivity contribution is -0.134. The highest BCUT2D eigenvalue weighted by Crippen LogP contribution is 2.51. The number of allylic oxidation sites excluding steroid dienone is 2. The van der Waals surface area contributed by atoms with Gasteiger partial charge in [0.15, 0.2) is 5.75 Å². The number of benzene rings is 2. The molecule has 5 N–H and O–H groups in total. The zero-order chi connectivity index (χ0) is 51.4. The molecule has 18 nitrogen and oxygen atoms in total. The summed E-state index contributed by atoms with van der Waals surface area (Å²) in [5.41, 5.74) is -0.183. The van der Waals surface area contributed by atoms with Crippen molar-refractivity contribution in [2.75, 3.05) is 58.2 Å². The van der Waals surface area contributed by atoms with Crippen molar-refractivity contribution in [2.45, 2.75) is 124 Å². The van der Waals surface area contributed by atoms with Crippen LogP contribution in [0.4, 0.5) is 10.5 Å². The van der Waals surface area contributed by atoms with E-state index < -0.39 is 83.1 Å². The number of amides is 3. The van der Waals surface area contributed by atoms with Gasteiger partial charge in [-0.05, 0) is 38.7 Å². The number of carbonyl (C=O) groups excluding carboxylic acids is 4. The Morgan fingerprint density at radius 1 is 0.887 bits per heavy atom. The molecule has 9 rings (SSSR count). The maximum Gasteiger partial charge on any atom is 0.410 e. The lowest BCUT2D eigenvalue weighted by Gasteiger charge is -2.40. The van der Waals surface area contributed by atoms with Crippen LogP contribution in [-0.4, -0.2) is 148 Å². The summed E-state index contributed by atoms with van der Waals surface area (Å²) in [6, 6.07) is 0. The first-order chi connectivity index (χ1) is 33.6. The molecular formula is C53H72N6O12. The van der Waals surface area contributed by atoms with Gasteiger partial charge in [0.25, 0.3) is 11.7 Å². The smallest absolute Gasteiger partial charge is 0.410 e. The van der Waals surface area contributed by atoms with Gasteiger partial charge in [-0.25, -0.2) is 9.79 Å². The van der Waals surface area contributed by atoms with E-state index in [-0.39, 0.29) is 74.6 Å². The van der Waals surface area contributed by atoms with E-state index in [1.807, 2.05) is 0 Å². The van der Waals surface area contributed by atoms with Crippen LogP contribution in [-0.2, 0) is 23.8 Å². The number of ketones is 1. The van der Waals surface area contributed by atoms with Crippen LogP contribution < -0.4 is 20.8 Å². The number of aliphatic hydroxyl groups is 2. The fourth-order valence-electron chi connectivity index (χ4n) is 10.9. The fourth-order valence-corrected chi connectivity index (χ4v) is 10.9. The largest absolute Gasteiger partial charge is 0.507 e. The van der Waals surface area contributed by atoms with E-state index in [9.17, 15) is 39.6 Å². The number of hydrogen-bond acceptors (Lipinski definition) is 15. The molecule has 2 saturated heterocycles. The van der Waals surface area contributed by atoms with Crippen molar-refractivity contribution in [3.63, 3.8) is 0 Å². The monoisotopic (exact) mass is 985 g/mol. The van der Waals surface area contributed by atoms with E-state index in [2.05, 4.69) is 29.1 Å². The van der Waals surface area contributed by atoms with E-state index in [1.165, 1.54) is 20.3 Å². The third kappa shape index (κ3) is 9.88. The number of piperazine rings is 1. The molecule has 7 aliphatic rings. The lowest BCUT2D eigenvalue weighted by atomic mass is 9.78. The Labute approximate surface area is 415 Å². The van der Waals surface area contributed by atoms with Gasteiger partial charge in [0.05, 0.1) is 41.2 Å². The summed E-state index contributed by atoms with van der Waals surface area (Å²) in [5.74, 6) is -6.23. The number of phenols is 2. The third-order valence-electron chi connectivity index (χ3n) is 15.6. The van der Waals surface area contributed by atoms with Crippen molar-refractivity contribution in [1.29, 1.82) is 0 Å². The van der Waals surface area contributed by atoms with Gasteiger partial charge in [0.1, 0.15) is 34.0 Å². The zero-order valence-corrected chi connectivity index (χ0v) is 42.7. The molecule has 6 aliphatic heterocycles. The molecule has 0 aromatic heterocycles. The maximum absolute atomic E-state index is 14.9. The van der Waals surface area contributed by atoms with Gasteiger partial charge >= 0.3 is 11.9 Å². The molecule has 1 saturated carbocycles. The fraction of sp³-hybridized carbons (Fsp3) is 0.623. The molecule has 1 spiro atoms. The van der Waals surface area contributed by atoms with E-state index in [4.69, 9.17) is 23.9 Å². The summed E-state index contributed by atoms with van der Waals surface area (Å²) in [4.78, 5) is 71.0. The summed E-state index contributed by atoms with van der Waals surface area (Å²) >= 11 is 0. The first kappa shape index (κ1) is 51.8. The number of aliphatic hydroxyl groups excluding tert-OH is 2. The molecule has 71 heavy (non-hydrogen) atoms. The summed E-state index contributed by atoms with van der Waals surface area (Å²) < 4.78 is 24.9. The van der Waals surface area contributed by atoms with Crippen LogP contribution in [0.2, 0.25) is 0 Å². The van der Waals surface area contributed by atoms with Crippen LogP contribution >= 0.6 is 0 Å². The SMILES string of the molecule is CO[C@H]1/C=C/O[C@@]2(C)Oc3c(C)c(O)c4c(O)c(c5c(c4c3C2=O)NC2(CCN(CC(C)C)CC2)N=5)=NC(=O)/C(C)=C\C=C\[C@H](C)[C@H](O)[C@@H](C)[C@@H](O)[C@@H](C)[C@H](OC(=O)N2CCN(C(=O)C3CC3)CC2)[C@@H]1C. The maximum atomic E-state index is 14.9. The number of fused-ring (bicyclic) bond motifs is 13. The molecular weight excluding hydrogens is 913 g/mol. The van der Waals surface area contributed by atoms with Crippen LogP contribution in [0, 0.1) is 42.4 Å². The number of phenolic OH excluding ortho intramolecular Hbond substituents is 2. The number of nitrogens with zero attached hydrogens (tertiary/aromatic N) is 5. The first-order valence-corrected chi connectivity index (χ1v) is 25.2. The van der Waals surface area contributed by atoms with Crippen LogP contribution in [0.15, 0.2) is 46.1 Å². The zero-order valence-electron chi connectivity index (χ0n) is 42.7. The Bertz CT molecular complexity index is 2660. The van der Waals surface area contributed by atoms with Crippen molar-refractivity contribution in [3.8, 4) is 17.2 Å². The van der Waals surface area contributed by atoms with Crippen LogP contribution in [0.5, 0.6) is 17.2 Å². The number of piperidine rings is 1. The van der Waals surface area contributed by atoms with Crippen molar-refractivity contribution in [3.05, 3.63) is 58.0 Å². The van der Waals surface area contributed by atoms with Gasteiger partial charge in [-0.15, -0.1) is 0 Å². The standard InChI is InChI=1S/C53H72N6O12/c1-27(2)26-57-19-17-53(18-20-57)55-39-36-37-44(62)33(8)47-38(36)48(64)52(9,71-47)69-25-16-35(68-10)30(5)46(70-51(67)59-23-21-58(22-24-59)50(66)34-14-15-34)32(7)43(61)31(6)42(60)28(3)12-11-13-29(4)49(65)54-41(45(37)63)40(39)56-53/h11-13,16,25,27-28,30-32,34-35,42-43,46,55,60-63H,14-15,17-24,26H2,1-10H3/b12-11+,25-16+,29-13-,54-41?/t28-,30+,31+,32+,35-,42-,43+,46+,52-/m0/s1. The normalized spacial score (nSPS) is 32.1. The summed E-state index contributed by atoms with van der Waals surface area (Å²) in [6.45, 7) is 19.6. The average molecular weight is 985 g/mol. The van der Waals surface area contributed by atoms with Gasteiger partial charge in [-0.1, -0.05) is 59.8 Å². The quantitative estimate of drug-likeness (QED) is 0.252. The van der Waals surface area contributed by atoms with Crippen molar-refractivity contribution in [1.82, 2.24) is 14.7 Å². The second kappa shape index (κ2) is 20.2. The summed E-state index contributed by atoms with van der Waals surface area (Å²) in [5, 5.41) is 51.4. The van der Waals surface area contributed by atoms with Gasteiger partial charge < -0.3 is 59.4 Å². The second-order valence-corrected chi connectivity index (χ2v) is 21.3. The highest BCUT2D eigenvalue weighted by Gasteiger charge is 2.51. The van der Waals surface area contributed by atoms with E-state index in [0.29, 0.717) is 50.6 Å². The van der Waals surface area contributed by atoms with Crippen LogP contribution in [0.25, 0.3) is 10.8 Å². The molecule has 0 radical (unpaired) electrons. The number of likely N-dealkylation sites (tertiary alicyclic amines) is 1. The summed E-state index contributed by atoms with van der Waals surface area (Å²) in [6.07, 6.45) is 5.90. The van der Waals surface area contributed by atoms with Crippen LogP contribution in [0.3, 0.4) is 0 Å². The molecule has 3 fully saturated rings. The Balaban J connectivity index is 1.19. The molecule has 9 atom stereocenters. The molecule has 2 aromatic carbocycles. The Morgan fingerprint density at radius 3 is 2.18 bits per heavy atom. The van der Waals surface area contributed by atoms with Crippen molar-refractivity contribution in [2.24, 2.45) is 45.5 Å². The highest BCUT2D eigenvalue weighted by atomic mass is 16.7. The number of rotatable bonds is 5. The number of carbonyl (C=O) groups is 4. The predicted octanol–water partition coefficient (Wildman–Crippen LogP) is 4.88. The topological polar surface area (TPSA) is 233 Å². The minimum atomic E-state index is -1.99. The van der Waals surface area contributed by atoms with Gasteiger partial charge in [-0.2, -0.15) is 0 Å². The molecule has 1 aliphatic carbocycles. The van der Waals surface area contributed by atoms with Gasteiger partial charge in [0, 0.05) is 119 Å². The second-order valence-electron chi connectivity index (χ2n) is 21.3. The predicted molar refractivity (Wildman–Crippen MR) is 263 cm³/mol. The Hall–Kier alpha value is -5.56. The summed E-state index contributed by atoms with van der Waals surface area (Å²) in [7, 11) is 1.47. The number of Topliss-reactive ketones (excluding diaryl/α,β-unsaturated/α-hetero) is 1. The molecule has 18 heteroatoms. The number of nitrogens with one attached hydrogen (secondary N) is 1. The van der Waals surface area contributed by atoms with E-state index in [0.717, 1.165) is 19.4 Å². The highest BCUT2D eigenvalue weighted by molar-refractivity contribution is 6.21. The molecule has 5 bridgehead atoms. The van der Waals surface area contributed by atoms with Gasteiger partial charge in [0.2, 0.25) is 5.91 Å². The first-order valence-electron chi connectivity index (χ1n) is 25.2. The average Bonchev–Trinajstić information content (AvgIpc) is 4.09. The van der Waals surface area contributed by atoms with Crippen LogP contribution in [0.1, 0.15) is 97.0 Å². The lowest BCUT2D eigenvalue weighted by Crippen LogP contribution is -2.53. The number of ether oxygens (including phenoxy) is 4. The minimum Gasteiger partial charge on any atom is -0.507 e. The van der Waals surface area contributed by atoms with Crippen molar-refractivity contribution >= 4 is 40.2 Å². The number of methoxy groups -OCH3 is 1. The molecule has 386 valence electrons. The molecule has 0 unspecified atom stereocenters. The van der Waals surface area contributed by atoms with Gasteiger partial charge in [-0.3, -0.25) is 19.4 Å². The molecule has 2 aromatic rings. The molecule has 6 heterocycles. The third-order valence-corrected chi connectivity index (χ3v) is 15.6. The minimum absolute atomic E-state index is 0.0397. The number of anilines is 1. The Morgan fingerprint density at radius 2 is 1.55 bits per heavy atom.